The number of ether oxygens (including phenoxy) is 2. The lowest BCUT2D eigenvalue weighted by Gasteiger charge is -2.40. The van der Waals surface area contributed by atoms with Gasteiger partial charge in [-0.2, -0.15) is 0 Å². The number of aliphatic hydroxyl groups excluding tert-OH is 1. The lowest BCUT2D eigenvalue weighted by molar-refractivity contribution is -0.135. The summed E-state index contributed by atoms with van der Waals surface area (Å²) in [7, 11) is 0. The molecular formula is C16H25NO3. The average molecular weight is 279 g/mol. The van der Waals surface area contributed by atoms with Crippen LogP contribution in [0.1, 0.15) is 32.4 Å². The second-order valence-corrected chi connectivity index (χ2v) is 5.99. The first-order valence-electron chi connectivity index (χ1n) is 7.23. The molecule has 0 amide bonds. The molecular weight excluding hydrogens is 254 g/mol. The summed E-state index contributed by atoms with van der Waals surface area (Å²) in [5, 5.41) is 12.9. The molecule has 1 aliphatic rings. The highest BCUT2D eigenvalue weighted by atomic mass is 16.5. The highest BCUT2D eigenvalue weighted by Gasteiger charge is 2.37. The third-order valence-corrected chi connectivity index (χ3v) is 3.69. The molecule has 0 bridgehead atoms. The Morgan fingerprint density at radius 3 is 2.35 bits per heavy atom. The molecule has 1 saturated heterocycles. The van der Waals surface area contributed by atoms with Gasteiger partial charge in [0.1, 0.15) is 5.75 Å². The molecule has 1 heterocycles. The van der Waals surface area contributed by atoms with Crippen molar-refractivity contribution in [2.75, 3.05) is 26.4 Å². The summed E-state index contributed by atoms with van der Waals surface area (Å²) in [6.45, 7) is 8.40. The first-order valence-corrected chi connectivity index (χ1v) is 7.23. The molecule has 2 N–H and O–H groups in total. The van der Waals surface area contributed by atoms with Gasteiger partial charge in [0.2, 0.25) is 0 Å². The number of nitrogens with one attached hydrogen (secondary N) is 1. The highest BCUT2D eigenvalue weighted by molar-refractivity contribution is 5.29. The van der Waals surface area contributed by atoms with Gasteiger partial charge in [0.25, 0.3) is 0 Å². The summed E-state index contributed by atoms with van der Waals surface area (Å²) >= 11 is 0. The van der Waals surface area contributed by atoms with E-state index in [1.165, 1.54) is 5.56 Å². The van der Waals surface area contributed by atoms with Gasteiger partial charge in [-0.1, -0.05) is 12.1 Å². The number of hydrogen-bond donors (Lipinski definition) is 2. The first-order chi connectivity index (χ1) is 9.54. The average Bonchev–Trinajstić information content (AvgIpc) is 2.38. The molecule has 4 nitrogen and oxygen atoms in total. The van der Waals surface area contributed by atoms with E-state index in [1.54, 1.807) is 0 Å². The van der Waals surface area contributed by atoms with Gasteiger partial charge in [0, 0.05) is 12.6 Å². The van der Waals surface area contributed by atoms with Crippen LogP contribution in [0.3, 0.4) is 0 Å². The van der Waals surface area contributed by atoms with Crippen LogP contribution < -0.4 is 10.1 Å². The number of rotatable bonds is 7. The Hall–Kier alpha value is -1.10. The van der Waals surface area contributed by atoms with Crippen LogP contribution in [0.4, 0.5) is 0 Å². The molecule has 0 aliphatic carbocycles. The SMILES string of the molecule is CC(C)Oc1ccc(C(C)NCC2(CO)COC2)cc1. The Balaban J connectivity index is 1.87. The van der Waals surface area contributed by atoms with E-state index in [0.29, 0.717) is 13.2 Å². The van der Waals surface area contributed by atoms with Crippen LogP contribution in [0, 0.1) is 5.41 Å². The normalized spacial score (nSPS) is 18.6. The molecule has 4 heteroatoms. The van der Waals surface area contributed by atoms with Gasteiger partial charge in [-0.05, 0) is 38.5 Å². The Kier molecular flexibility index (Phi) is 5.02. The van der Waals surface area contributed by atoms with E-state index in [2.05, 4.69) is 24.4 Å². The van der Waals surface area contributed by atoms with E-state index >= 15 is 0 Å². The highest BCUT2D eigenvalue weighted by Crippen LogP contribution is 2.27. The second-order valence-electron chi connectivity index (χ2n) is 5.99. The summed E-state index contributed by atoms with van der Waals surface area (Å²) in [5.74, 6) is 0.898. The largest absolute Gasteiger partial charge is 0.491 e. The lowest BCUT2D eigenvalue weighted by Crippen LogP contribution is -2.52. The van der Waals surface area contributed by atoms with E-state index in [-0.39, 0.29) is 24.2 Å². The minimum Gasteiger partial charge on any atom is -0.491 e. The predicted molar refractivity (Wildman–Crippen MR) is 79.0 cm³/mol. The Labute approximate surface area is 121 Å². The maximum Gasteiger partial charge on any atom is 0.119 e. The van der Waals surface area contributed by atoms with Crippen molar-refractivity contribution in [2.45, 2.75) is 32.9 Å². The molecule has 1 unspecified atom stereocenters. The smallest absolute Gasteiger partial charge is 0.119 e. The van der Waals surface area contributed by atoms with E-state index < -0.39 is 0 Å². The molecule has 20 heavy (non-hydrogen) atoms. The van der Waals surface area contributed by atoms with Crippen molar-refractivity contribution in [2.24, 2.45) is 5.41 Å². The van der Waals surface area contributed by atoms with Crippen LogP contribution in [-0.2, 0) is 4.74 Å². The fourth-order valence-electron chi connectivity index (χ4n) is 2.23. The Morgan fingerprint density at radius 2 is 1.90 bits per heavy atom. The van der Waals surface area contributed by atoms with Crippen LogP contribution >= 0.6 is 0 Å². The van der Waals surface area contributed by atoms with Gasteiger partial charge >= 0.3 is 0 Å². The van der Waals surface area contributed by atoms with Crippen molar-refractivity contribution in [1.29, 1.82) is 0 Å². The van der Waals surface area contributed by atoms with Crippen molar-refractivity contribution in [3.63, 3.8) is 0 Å². The molecule has 1 aliphatic heterocycles. The van der Waals surface area contributed by atoms with Gasteiger partial charge in [0.05, 0.1) is 31.3 Å². The summed E-state index contributed by atoms with van der Waals surface area (Å²) in [6.07, 6.45) is 0.194. The van der Waals surface area contributed by atoms with E-state index in [1.807, 2.05) is 26.0 Å². The number of benzene rings is 1. The van der Waals surface area contributed by atoms with E-state index in [4.69, 9.17) is 9.47 Å². The van der Waals surface area contributed by atoms with Crippen LogP contribution in [0.25, 0.3) is 0 Å². The summed E-state index contributed by atoms with van der Waals surface area (Å²) in [6, 6.07) is 8.41. The lowest BCUT2D eigenvalue weighted by atomic mass is 9.86. The zero-order valence-corrected chi connectivity index (χ0v) is 12.6. The minimum absolute atomic E-state index is 0.0883. The predicted octanol–water partition coefficient (Wildman–Crippen LogP) is 2.13. The van der Waals surface area contributed by atoms with Crippen molar-refractivity contribution >= 4 is 0 Å². The molecule has 112 valence electrons. The Bertz CT molecular complexity index is 407. The van der Waals surface area contributed by atoms with Crippen molar-refractivity contribution in [1.82, 2.24) is 5.32 Å². The molecule has 1 aromatic carbocycles. The Morgan fingerprint density at radius 1 is 1.25 bits per heavy atom. The van der Waals surface area contributed by atoms with E-state index in [0.717, 1.165) is 12.3 Å². The molecule has 2 rings (SSSR count). The summed E-state index contributed by atoms with van der Waals surface area (Å²) < 4.78 is 10.8. The molecule has 0 aromatic heterocycles. The van der Waals surface area contributed by atoms with Crippen LogP contribution in [0.2, 0.25) is 0 Å². The second kappa shape index (κ2) is 6.57. The monoisotopic (exact) mass is 279 g/mol. The van der Waals surface area contributed by atoms with E-state index in [9.17, 15) is 5.11 Å². The maximum absolute atomic E-state index is 9.40. The fourth-order valence-corrected chi connectivity index (χ4v) is 2.23. The molecule has 1 aromatic rings. The van der Waals surface area contributed by atoms with Crippen molar-refractivity contribution in [3.8, 4) is 5.75 Å². The summed E-state index contributed by atoms with van der Waals surface area (Å²) in [5.41, 5.74) is 1.13. The van der Waals surface area contributed by atoms with Gasteiger partial charge in [-0.25, -0.2) is 0 Å². The molecule has 0 spiro atoms. The molecule has 0 saturated carbocycles. The third-order valence-electron chi connectivity index (χ3n) is 3.69. The van der Waals surface area contributed by atoms with Crippen LogP contribution in [0.5, 0.6) is 5.75 Å². The standard InChI is InChI=1S/C16H25NO3/c1-12(2)20-15-6-4-14(5-7-15)13(3)17-8-16(9-18)10-19-11-16/h4-7,12-13,17-18H,8-11H2,1-3H3. The van der Waals surface area contributed by atoms with Gasteiger partial charge in [-0.3, -0.25) is 0 Å². The maximum atomic E-state index is 9.40. The zero-order valence-electron chi connectivity index (χ0n) is 12.6. The zero-order chi connectivity index (χ0) is 14.6. The third kappa shape index (κ3) is 3.72. The van der Waals surface area contributed by atoms with Gasteiger partial charge < -0.3 is 19.9 Å². The summed E-state index contributed by atoms with van der Waals surface area (Å²) in [4.78, 5) is 0. The van der Waals surface area contributed by atoms with Crippen molar-refractivity contribution in [3.05, 3.63) is 29.8 Å². The van der Waals surface area contributed by atoms with Crippen LogP contribution in [0.15, 0.2) is 24.3 Å². The molecule has 1 fully saturated rings. The topological polar surface area (TPSA) is 50.7 Å². The minimum atomic E-state index is -0.0883. The fraction of sp³-hybridized carbons (Fsp3) is 0.625. The van der Waals surface area contributed by atoms with Gasteiger partial charge in [-0.15, -0.1) is 0 Å². The van der Waals surface area contributed by atoms with Crippen LogP contribution in [-0.4, -0.2) is 37.6 Å². The van der Waals surface area contributed by atoms with Crippen molar-refractivity contribution < 1.29 is 14.6 Å². The number of hydrogen-bond acceptors (Lipinski definition) is 4. The first kappa shape index (κ1) is 15.3. The number of aliphatic hydroxyl groups is 1. The molecule has 0 radical (unpaired) electrons. The quantitative estimate of drug-likeness (QED) is 0.803. The molecule has 1 atom stereocenters. The van der Waals surface area contributed by atoms with Gasteiger partial charge in [0.15, 0.2) is 0 Å².